The summed E-state index contributed by atoms with van der Waals surface area (Å²) in [7, 11) is 0. The number of benzene rings is 1. The molecule has 0 saturated heterocycles. The lowest BCUT2D eigenvalue weighted by Gasteiger charge is -2.23. The fraction of sp³-hybridized carbons (Fsp3) is 0.538. The second kappa shape index (κ2) is 4.34. The molecule has 2 rings (SSSR count). The van der Waals surface area contributed by atoms with E-state index in [9.17, 15) is 9.50 Å². The third-order valence-corrected chi connectivity index (χ3v) is 3.71. The van der Waals surface area contributed by atoms with Gasteiger partial charge in [-0.2, -0.15) is 0 Å². The van der Waals surface area contributed by atoms with E-state index in [1.807, 2.05) is 0 Å². The molecule has 2 atom stereocenters. The van der Waals surface area contributed by atoms with Crippen LogP contribution in [-0.4, -0.2) is 11.2 Å². The number of rotatable bonds is 2. The number of aliphatic hydroxyl groups is 1. The predicted molar refractivity (Wildman–Crippen MR) is 63.1 cm³/mol. The van der Waals surface area contributed by atoms with Crippen LogP contribution in [0.4, 0.5) is 4.39 Å². The molecule has 2 unspecified atom stereocenters. The van der Waals surface area contributed by atoms with Gasteiger partial charge in [0.25, 0.3) is 0 Å². The predicted octanol–water partition coefficient (Wildman–Crippen LogP) is 3.57. The molecule has 1 saturated carbocycles. The summed E-state index contributed by atoms with van der Waals surface area (Å²) in [5.41, 5.74) is 1.17. The van der Waals surface area contributed by atoms with E-state index in [-0.39, 0.29) is 22.4 Å². The van der Waals surface area contributed by atoms with Crippen molar-refractivity contribution in [2.45, 2.75) is 38.7 Å². The highest BCUT2D eigenvalue weighted by Crippen LogP contribution is 2.40. The van der Waals surface area contributed by atoms with Crippen molar-refractivity contribution in [2.75, 3.05) is 0 Å². The van der Waals surface area contributed by atoms with Gasteiger partial charge < -0.3 is 5.11 Å². The van der Waals surface area contributed by atoms with Gasteiger partial charge in [-0.3, -0.25) is 0 Å². The molecule has 16 heavy (non-hydrogen) atoms. The van der Waals surface area contributed by atoms with E-state index in [2.05, 4.69) is 6.92 Å². The van der Waals surface area contributed by atoms with Gasteiger partial charge in [-0.1, -0.05) is 24.6 Å². The third kappa shape index (κ3) is 2.55. The Hall–Kier alpha value is -0.600. The van der Waals surface area contributed by atoms with Crippen molar-refractivity contribution in [3.63, 3.8) is 0 Å². The van der Waals surface area contributed by atoms with Crippen LogP contribution in [-0.2, 0) is 6.42 Å². The normalized spacial score (nSPS) is 29.6. The van der Waals surface area contributed by atoms with Gasteiger partial charge in [-0.25, -0.2) is 4.39 Å². The van der Waals surface area contributed by atoms with Gasteiger partial charge in [0.15, 0.2) is 0 Å². The molecule has 88 valence electrons. The van der Waals surface area contributed by atoms with E-state index in [0.29, 0.717) is 0 Å². The monoisotopic (exact) mass is 242 g/mol. The molecule has 0 heterocycles. The smallest absolute Gasteiger partial charge is 0.141 e. The Morgan fingerprint density at radius 2 is 2.31 bits per heavy atom. The summed E-state index contributed by atoms with van der Waals surface area (Å²) >= 11 is 5.75. The number of aliphatic hydroxyl groups excluding tert-OH is 1. The molecule has 0 bridgehead atoms. The van der Waals surface area contributed by atoms with E-state index in [1.165, 1.54) is 6.07 Å². The van der Waals surface area contributed by atoms with Crippen LogP contribution < -0.4 is 0 Å². The number of hydrogen-bond acceptors (Lipinski definition) is 1. The minimum Gasteiger partial charge on any atom is -0.393 e. The van der Waals surface area contributed by atoms with E-state index in [0.717, 1.165) is 31.2 Å². The van der Waals surface area contributed by atoms with Crippen LogP contribution >= 0.6 is 11.6 Å². The van der Waals surface area contributed by atoms with Crippen LogP contribution in [0.5, 0.6) is 0 Å². The fourth-order valence-electron chi connectivity index (χ4n) is 2.59. The molecule has 0 radical (unpaired) electrons. The summed E-state index contributed by atoms with van der Waals surface area (Å²) in [4.78, 5) is 0. The Labute approximate surface area is 100 Å². The fourth-order valence-corrected chi connectivity index (χ4v) is 2.79. The van der Waals surface area contributed by atoms with Crippen molar-refractivity contribution in [1.29, 1.82) is 0 Å². The zero-order valence-electron chi connectivity index (χ0n) is 9.34. The molecule has 0 aliphatic heterocycles. The summed E-state index contributed by atoms with van der Waals surface area (Å²) in [5.74, 6) is -0.373. The molecule has 1 aliphatic carbocycles. The number of hydrogen-bond donors (Lipinski definition) is 1. The molecule has 1 aromatic carbocycles. The van der Waals surface area contributed by atoms with Crippen molar-refractivity contribution in [2.24, 2.45) is 5.41 Å². The summed E-state index contributed by atoms with van der Waals surface area (Å²) in [5, 5.41) is 9.74. The number of halogens is 2. The Bertz CT molecular complexity index is 394. The summed E-state index contributed by atoms with van der Waals surface area (Å²) in [6, 6.07) is 4.87. The first kappa shape index (κ1) is 11.9. The van der Waals surface area contributed by atoms with Crippen LogP contribution in [0.3, 0.4) is 0 Å². The average Bonchev–Trinajstić information content (AvgIpc) is 2.52. The van der Waals surface area contributed by atoms with Gasteiger partial charge in [0, 0.05) is 0 Å². The highest BCUT2D eigenvalue weighted by atomic mass is 35.5. The molecule has 3 heteroatoms. The topological polar surface area (TPSA) is 20.2 Å². The van der Waals surface area contributed by atoms with Crippen molar-refractivity contribution < 1.29 is 9.50 Å². The molecular weight excluding hydrogens is 227 g/mol. The highest BCUT2D eigenvalue weighted by Gasteiger charge is 2.34. The molecule has 1 aromatic rings. The van der Waals surface area contributed by atoms with Crippen LogP contribution in [0.15, 0.2) is 18.2 Å². The first-order valence-electron chi connectivity index (χ1n) is 5.60. The van der Waals surface area contributed by atoms with Crippen molar-refractivity contribution in [1.82, 2.24) is 0 Å². The lowest BCUT2D eigenvalue weighted by Crippen LogP contribution is -2.16. The zero-order valence-corrected chi connectivity index (χ0v) is 10.1. The summed E-state index contributed by atoms with van der Waals surface area (Å²) in [6.45, 7) is 2.17. The minimum absolute atomic E-state index is 0.126. The van der Waals surface area contributed by atoms with Gasteiger partial charge in [0.1, 0.15) is 5.82 Å². The Kier molecular flexibility index (Phi) is 3.22. The molecule has 0 amide bonds. The van der Waals surface area contributed by atoms with Crippen LogP contribution in [0, 0.1) is 11.2 Å². The van der Waals surface area contributed by atoms with Gasteiger partial charge >= 0.3 is 0 Å². The summed E-state index contributed by atoms with van der Waals surface area (Å²) < 4.78 is 13.0. The van der Waals surface area contributed by atoms with E-state index >= 15 is 0 Å². The molecule has 0 spiro atoms. The second-order valence-electron chi connectivity index (χ2n) is 5.13. The minimum atomic E-state index is -0.373. The van der Waals surface area contributed by atoms with Gasteiger partial charge in [0.2, 0.25) is 0 Å². The Morgan fingerprint density at radius 1 is 1.56 bits per heavy atom. The molecule has 1 fully saturated rings. The molecule has 1 nitrogen and oxygen atoms in total. The lowest BCUT2D eigenvalue weighted by molar-refractivity contribution is 0.163. The maximum atomic E-state index is 13.0. The van der Waals surface area contributed by atoms with Crippen molar-refractivity contribution in [3.8, 4) is 0 Å². The van der Waals surface area contributed by atoms with Crippen molar-refractivity contribution >= 4 is 11.6 Å². The van der Waals surface area contributed by atoms with Gasteiger partial charge in [0.05, 0.1) is 11.1 Å². The van der Waals surface area contributed by atoms with Crippen LogP contribution in [0.2, 0.25) is 5.02 Å². The van der Waals surface area contributed by atoms with Crippen molar-refractivity contribution in [3.05, 3.63) is 34.6 Å². The molecule has 1 aliphatic rings. The van der Waals surface area contributed by atoms with E-state index < -0.39 is 0 Å². The Morgan fingerprint density at radius 3 is 2.88 bits per heavy atom. The standard InChI is InChI=1S/C13H16ClFO/c1-13(5-4-10(16)8-13)7-9-2-3-12(15)11(14)6-9/h2-3,6,10,16H,4-5,7-8H2,1H3. The second-order valence-corrected chi connectivity index (χ2v) is 5.54. The molecular formula is C13H16ClFO. The van der Waals surface area contributed by atoms with Gasteiger partial charge in [-0.15, -0.1) is 0 Å². The SMILES string of the molecule is CC1(Cc2ccc(F)c(Cl)c2)CCC(O)C1. The first-order valence-corrected chi connectivity index (χ1v) is 5.98. The summed E-state index contributed by atoms with van der Waals surface area (Å²) in [6.07, 6.45) is 3.38. The van der Waals surface area contributed by atoms with Crippen LogP contribution in [0.1, 0.15) is 31.7 Å². The van der Waals surface area contributed by atoms with Crippen LogP contribution in [0.25, 0.3) is 0 Å². The average molecular weight is 243 g/mol. The molecule has 0 aromatic heterocycles. The maximum absolute atomic E-state index is 13.0. The quantitative estimate of drug-likeness (QED) is 0.841. The highest BCUT2D eigenvalue weighted by molar-refractivity contribution is 6.30. The Balaban J connectivity index is 2.12. The largest absolute Gasteiger partial charge is 0.393 e. The lowest BCUT2D eigenvalue weighted by atomic mass is 9.82. The molecule has 1 N–H and O–H groups in total. The van der Waals surface area contributed by atoms with Gasteiger partial charge in [-0.05, 0) is 48.8 Å². The first-order chi connectivity index (χ1) is 7.48. The maximum Gasteiger partial charge on any atom is 0.141 e. The van der Waals surface area contributed by atoms with E-state index in [1.54, 1.807) is 12.1 Å². The third-order valence-electron chi connectivity index (χ3n) is 3.42. The van der Waals surface area contributed by atoms with E-state index in [4.69, 9.17) is 11.6 Å². The zero-order chi connectivity index (χ0) is 11.8.